The maximum Gasteiger partial charge on any atom is 0.324 e. The van der Waals surface area contributed by atoms with E-state index in [1.165, 1.54) is 22.6 Å². The molecule has 4 amide bonds. The highest BCUT2D eigenvalue weighted by Crippen LogP contribution is 2.29. The molecule has 2 aliphatic rings. The third-order valence-corrected chi connectivity index (χ3v) is 5.92. The van der Waals surface area contributed by atoms with Gasteiger partial charge in [-0.05, 0) is 37.3 Å². The molecule has 7 nitrogen and oxygen atoms in total. The Bertz CT molecular complexity index is 869. The van der Waals surface area contributed by atoms with Crippen molar-refractivity contribution in [3.63, 3.8) is 0 Å². The zero-order valence-electron chi connectivity index (χ0n) is 14.8. The number of urea groups is 1. The summed E-state index contributed by atoms with van der Waals surface area (Å²) in [5, 5.41) is 5.99. The Morgan fingerprint density at radius 2 is 2.00 bits per heavy atom. The van der Waals surface area contributed by atoms with Gasteiger partial charge in [0, 0.05) is 10.4 Å². The minimum atomic E-state index is -0.432. The Hall–Kier alpha value is -2.74. The third kappa shape index (κ3) is 3.71. The molecule has 1 aromatic heterocycles. The van der Waals surface area contributed by atoms with Gasteiger partial charge in [0.25, 0.3) is 5.91 Å². The number of hydrogen-bond donors (Lipinski definition) is 2. The fourth-order valence-corrected chi connectivity index (χ4v) is 4.46. The lowest BCUT2D eigenvalue weighted by Gasteiger charge is -2.15. The number of amides is 4. The quantitative estimate of drug-likeness (QED) is 0.626. The van der Waals surface area contributed by atoms with Crippen molar-refractivity contribution >= 4 is 34.3 Å². The molecular formula is C19H20N4O3S. The Balaban J connectivity index is 1.52. The van der Waals surface area contributed by atoms with Crippen LogP contribution >= 0.6 is 11.3 Å². The largest absolute Gasteiger partial charge is 0.329 e. The fraction of sp³-hybridized carbons (Fsp3) is 0.368. The van der Waals surface area contributed by atoms with Crippen molar-refractivity contribution in [2.24, 2.45) is 0 Å². The number of thiazole rings is 1. The molecule has 0 radical (unpaired) electrons. The number of anilines is 1. The predicted molar refractivity (Wildman–Crippen MR) is 102 cm³/mol. The van der Waals surface area contributed by atoms with E-state index in [0.717, 1.165) is 36.3 Å². The smallest absolute Gasteiger partial charge is 0.324 e. The summed E-state index contributed by atoms with van der Waals surface area (Å²) >= 11 is 1.54. The second-order valence-electron chi connectivity index (χ2n) is 6.70. The lowest BCUT2D eigenvalue weighted by atomic mass is 10.1. The van der Waals surface area contributed by atoms with Crippen LogP contribution in [0.5, 0.6) is 0 Å². The normalized spacial score (nSPS) is 16.7. The molecule has 1 aliphatic carbocycles. The number of rotatable bonds is 4. The summed E-state index contributed by atoms with van der Waals surface area (Å²) in [6.07, 6.45) is 5.51. The lowest BCUT2D eigenvalue weighted by molar-refractivity contribution is -0.125. The molecule has 140 valence electrons. The molecular weight excluding hydrogens is 364 g/mol. The molecule has 27 heavy (non-hydrogen) atoms. The maximum atomic E-state index is 12.8. The first kappa shape index (κ1) is 17.7. The second-order valence-corrected chi connectivity index (χ2v) is 7.78. The van der Waals surface area contributed by atoms with Crippen LogP contribution in [-0.4, -0.2) is 34.3 Å². The summed E-state index contributed by atoms with van der Waals surface area (Å²) in [5.74, 6) is -0.569. The van der Waals surface area contributed by atoms with Gasteiger partial charge < -0.3 is 5.32 Å². The second kappa shape index (κ2) is 7.48. The minimum Gasteiger partial charge on any atom is -0.329 e. The zero-order chi connectivity index (χ0) is 18.8. The molecule has 0 atom stereocenters. The summed E-state index contributed by atoms with van der Waals surface area (Å²) in [4.78, 5) is 43.4. The van der Waals surface area contributed by atoms with E-state index in [9.17, 15) is 14.4 Å². The molecule has 4 rings (SSSR count). The van der Waals surface area contributed by atoms with Gasteiger partial charge >= 0.3 is 6.03 Å². The number of benzene rings is 1. The summed E-state index contributed by atoms with van der Waals surface area (Å²) < 4.78 is 0. The molecule has 1 saturated heterocycles. The van der Waals surface area contributed by atoms with Gasteiger partial charge in [0.15, 0.2) is 5.13 Å². The van der Waals surface area contributed by atoms with Crippen molar-refractivity contribution in [2.75, 3.05) is 11.9 Å². The van der Waals surface area contributed by atoms with Gasteiger partial charge in [0.05, 0.1) is 18.8 Å². The Morgan fingerprint density at radius 3 is 2.81 bits per heavy atom. The van der Waals surface area contributed by atoms with E-state index < -0.39 is 6.03 Å². The van der Waals surface area contributed by atoms with Crippen LogP contribution in [0.2, 0.25) is 0 Å². The molecule has 2 N–H and O–H groups in total. The van der Waals surface area contributed by atoms with Gasteiger partial charge in [0.2, 0.25) is 5.91 Å². The number of aryl methyl sites for hydroxylation is 2. The lowest BCUT2D eigenvalue weighted by Crippen LogP contribution is -2.31. The highest BCUT2D eigenvalue weighted by atomic mass is 32.1. The standard InChI is InChI=1S/C19H20N4O3S/c24-16-10-20-19(26)23(16)11-12-6-4-5-7-13(12)17(25)22-18-21-14-8-2-1-3-9-15(14)27-18/h4-7H,1-3,8-11H2,(H,20,26)(H,21,22,25). The van der Waals surface area contributed by atoms with Gasteiger partial charge in [-0.2, -0.15) is 0 Å². The number of imide groups is 1. The fourth-order valence-electron chi connectivity index (χ4n) is 3.41. The molecule has 2 heterocycles. The number of nitrogens with one attached hydrogen (secondary N) is 2. The van der Waals surface area contributed by atoms with Gasteiger partial charge in [-0.3, -0.25) is 19.8 Å². The molecule has 1 aliphatic heterocycles. The molecule has 0 saturated carbocycles. The van der Waals surface area contributed by atoms with E-state index in [2.05, 4.69) is 15.6 Å². The van der Waals surface area contributed by atoms with Crippen molar-refractivity contribution in [3.05, 3.63) is 46.0 Å². The van der Waals surface area contributed by atoms with Crippen LogP contribution in [0, 0.1) is 0 Å². The summed E-state index contributed by atoms with van der Waals surface area (Å²) in [6, 6.07) is 6.57. The average molecular weight is 384 g/mol. The maximum absolute atomic E-state index is 12.8. The number of nitrogens with zero attached hydrogens (tertiary/aromatic N) is 2. The highest BCUT2D eigenvalue weighted by Gasteiger charge is 2.29. The Morgan fingerprint density at radius 1 is 1.19 bits per heavy atom. The molecule has 0 spiro atoms. The van der Waals surface area contributed by atoms with Gasteiger partial charge in [-0.25, -0.2) is 9.78 Å². The van der Waals surface area contributed by atoms with Crippen LogP contribution < -0.4 is 10.6 Å². The van der Waals surface area contributed by atoms with Crippen LogP contribution in [0.4, 0.5) is 9.93 Å². The number of aromatic nitrogens is 1. The van der Waals surface area contributed by atoms with Crippen LogP contribution in [0.25, 0.3) is 0 Å². The molecule has 2 aromatic rings. The molecule has 0 unspecified atom stereocenters. The molecule has 0 bridgehead atoms. The van der Waals surface area contributed by atoms with Crippen molar-refractivity contribution in [1.82, 2.24) is 15.2 Å². The predicted octanol–water partition coefficient (Wildman–Crippen LogP) is 2.72. The van der Waals surface area contributed by atoms with E-state index in [-0.39, 0.29) is 24.9 Å². The highest BCUT2D eigenvalue weighted by molar-refractivity contribution is 7.15. The molecule has 1 aromatic carbocycles. The average Bonchev–Trinajstić information content (AvgIpc) is 3.10. The van der Waals surface area contributed by atoms with Gasteiger partial charge in [-0.15, -0.1) is 11.3 Å². The van der Waals surface area contributed by atoms with E-state index in [0.29, 0.717) is 16.3 Å². The SMILES string of the molecule is O=C(Nc1nc2c(s1)CCCCC2)c1ccccc1CN1C(=O)CNC1=O. The first-order valence-corrected chi connectivity index (χ1v) is 9.89. The summed E-state index contributed by atoms with van der Waals surface area (Å²) in [7, 11) is 0. The van der Waals surface area contributed by atoms with Crippen molar-refractivity contribution in [2.45, 2.75) is 38.6 Å². The van der Waals surface area contributed by atoms with E-state index in [1.807, 2.05) is 0 Å². The Kier molecular flexibility index (Phi) is 4.89. The first-order chi connectivity index (χ1) is 13.1. The van der Waals surface area contributed by atoms with E-state index in [4.69, 9.17) is 0 Å². The zero-order valence-corrected chi connectivity index (χ0v) is 15.6. The number of fused-ring (bicyclic) bond motifs is 1. The van der Waals surface area contributed by atoms with Crippen molar-refractivity contribution in [3.8, 4) is 0 Å². The van der Waals surface area contributed by atoms with Gasteiger partial charge in [0.1, 0.15) is 0 Å². The Labute approximate surface area is 160 Å². The summed E-state index contributed by atoms with van der Waals surface area (Å²) in [6.45, 7) is 0.0699. The van der Waals surface area contributed by atoms with Crippen LogP contribution in [-0.2, 0) is 24.2 Å². The first-order valence-electron chi connectivity index (χ1n) is 9.08. The van der Waals surface area contributed by atoms with Crippen LogP contribution in [0.3, 0.4) is 0 Å². The topological polar surface area (TPSA) is 91.4 Å². The summed E-state index contributed by atoms with van der Waals surface area (Å²) in [5.41, 5.74) is 2.16. The van der Waals surface area contributed by atoms with Crippen molar-refractivity contribution in [1.29, 1.82) is 0 Å². The molecule has 8 heteroatoms. The van der Waals surface area contributed by atoms with Gasteiger partial charge in [-0.1, -0.05) is 24.6 Å². The third-order valence-electron chi connectivity index (χ3n) is 4.84. The van der Waals surface area contributed by atoms with Crippen molar-refractivity contribution < 1.29 is 14.4 Å². The van der Waals surface area contributed by atoms with E-state index >= 15 is 0 Å². The van der Waals surface area contributed by atoms with Crippen LogP contribution in [0.1, 0.15) is 45.8 Å². The number of carbonyl (C=O) groups excluding carboxylic acids is 3. The monoisotopic (exact) mass is 384 g/mol. The molecule has 1 fully saturated rings. The minimum absolute atomic E-state index is 0.00212. The number of carbonyl (C=O) groups is 3. The van der Waals surface area contributed by atoms with Crippen LogP contribution in [0.15, 0.2) is 24.3 Å². The number of hydrogen-bond acceptors (Lipinski definition) is 5. The van der Waals surface area contributed by atoms with E-state index in [1.54, 1.807) is 24.3 Å².